The van der Waals surface area contributed by atoms with Gasteiger partial charge in [0.1, 0.15) is 0 Å². The minimum absolute atomic E-state index is 0.0870. The molecule has 3 heteroatoms. The van der Waals surface area contributed by atoms with E-state index in [4.69, 9.17) is 0 Å². The van der Waals surface area contributed by atoms with Crippen molar-refractivity contribution >= 4 is 27.5 Å². The van der Waals surface area contributed by atoms with Gasteiger partial charge in [-0.3, -0.25) is 4.79 Å². The first-order chi connectivity index (χ1) is 8.16. The number of rotatable bonds is 2. The number of anilines is 1. The number of nitrogens with one attached hydrogen (secondary N) is 1. The van der Waals surface area contributed by atoms with Gasteiger partial charge in [0.15, 0.2) is 0 Å². The smallest absolute Gasteiger partial charge is 0.255 e. The van der Waals surface area contributed by atoms with Crippen molar-refractivity contribution in [3.05, 3.63) is 64.1 Å². The largest absolute Gasteiger partial charge is 0.322 e. The molecule has 2 aromatic rings. The van der Waals surface area contributed by atoms with Gasteiger partial charge in [-0.15, -0.1) is 0 Å². The van der Waals surface area contributed by atoms with Crippen LogP contribution in [0.5, 0.6) is 0 Å². The van der Waals surface area contributed by atoms with Gasteiger partial charge in [0.25, 0.3) is 5.91 Å². The summed E-state index contributed by atoms with van der Waals surface area (Å²) in [4.78, 5) is 11.9. The first-order valence-electron chi connectivity index (χ1n) is 5.29. The quantitative estimate of drug-likeness (QED) is 0.889. The van der Waals surface area contributed by atoms with Gasteiger partial charge >= 0.3 is 0 Å². The Bertz CT molecular complexity index is 537. The standard InChI is InChI=1S/C14H12BrNO/c1-10-9-12(15)7-8-13(10)16-14(17)11-5-3-2-4-6-11/h2-9H,1H3,(H,16,17). The maximum absolute atomic E-state index is 11.9. The Morgan fingerprint density at radius 2 is 1.82 bits per heavy atom. The van der Waals surface area contributed by atoms with Crippen LogP contribution < -0.4 is 5.32 Å². The lowest BCUT2D eigenvalue weighted by molar-refractivity contribution is 0.102. The number of hydrogen-bond donors (Lipinski definition) is 1. The van der Waals surface area contributed by atoms with Crippen molar-refractivity contribution in [1.82, 2.24) is 0 Å². The maximum atomic E-state index is 11.9. The zero-order valence-electron chi connectivity index (χ0n) is 9.41. The van der Waals surface area contributed by atoms with E-state index < -0.39 is 0 Å². The summed E-state index contributed by atoms with van der Waals surface area (Å²) in [6, 6.07) is 15.0. The molecule has 2 rings (SSSR count). The van der Waals surface area contributed by atoms with Gasteiger partial charge in [0, 0.05) is 15.7 Å². The second-order valence-electron chi connectivity index (χ2n) is 3.78. The number of carbonyl (C=O) groups excluding carboxylic acids is 1. The molecular weight excluding hydrogens is 278 g/mol. The first kappa shape index (κ1) is 11.9. The van der Waals surface area contributed by atoms with Gasteiger partial charge in [-0.25, -0.2) is 0 Å². The molecule has 0 aliphatic rings. The van der Waals surface area contributed by atoms with Gasteiger partial charge in [0.2, 0.25) is 0 Å². The molecule has 0 aromatic heterocycles. The van der Waals surface area contributed by atoms with Crippen LogP contribution in [0.25, 0.3) is 0 Å². The normalized spacial score (nSPS) is 10.0. The number of halogens is 1. The topological polar surface area (TPSA) is 29.1 Å². The van der Waals surface area contributed by atoms with Gasteiger partial charge in [-0.1, -0.05) is 34.1 Å². The van der Waals surface area contributed by atoms with Crippen LogP contribution in [-0.2, 0) is 0 Å². The number of aryl methyl sites for hydroxylation is 1. The third kappa shape index (κ3) is 2.94. The first-order valence-corrected chi connectivity index (χ1v) is 6.08. The average molecular weight is 290 g/mol. The minimum Gasteiger partial charge on any atom is -0.322 e. The molecule has 0 radical (unpaired) electrons. The summed E-state index contributed by atoms with van der Waals surface area (Å²) in [5, 5.41) is 2.89. The monoisotopic (exact) mass is 289 g/mol. The van der Waals surface area contributed by atoms with E-state index in [1.807, 2.05) is 43.3 Å². The van der Waals surface area contributed by atoms with E-state index in [-0.39, 0.29) is 5.91 Å². The summed E-state index contributed by atoms with van der Waals surface area (Å²) < 4.78 is 1.01. The van der Waals surface area contributed by atoms with E-state index in [0.29, 0.717) is 5.56 Å². The number of hydrogen-bond acceptors (Lipinski definition) is 1. The van der Waals surface area contributed by atoms with E-state index in [1.165, 1.54) is 0 Å². The molecule has 0 bridgehead atoms. The minimum atomic E-state index is -0.0870. The van der Waals surface area contributed by atoms with E-state index in [0.717, 1.165) is 15.7 Å². The predicted octanol–water partition coefficient (Wildman–Crippen LogP) is 4.01. The van der Waals surface area contributed by atoms with Crippen LogP contribution in [0, 0.1) is 6.92 Å². The molecular formula is C14H12BrNO. The number of carbonyl (C=O) groups is 1. The van der Waals surface area contributed by atoms with Crippen LogP contribution in [0.2, 0.25) is 0 Å². The van der Waals surface area contributed by atoms with Gasteiger partial charge in [0.05, 0.1) is 0 Å². The average Bonchev–Trinajstić information content (AvgIpc) is 2.34. The fourth-order valence-electron chi connectivity index (χ4n) is 1.55. The van der Waals surface area contributed by atoms with Crippen LogP contribution in [0.15, 0.2) is 53.0 Å². The van der Waals surface area contributed by atoms with Crippen LogP contribution >= 0.6 is 15.9 Å². The Balaban J connectivity index is 2.19. The number of amides is 1. The molecule has 0 saturated carbocycles. The van der Waals surface area contributed by atoms with E-state index in [1.54, 1.807) is 12.1 Å². The highest BCUT2D eigenvalue weighted by Crippen LogP contribution is 2.20. The third-order valence-electron chi connectivity index (χ3n) is 2.47. The Hall–Kier alpha value is -1.61. The Labute approximate surface area is 109 Å². The van der Waals surface area contributed by atoms with Crippen molar-refractivity contribution in [2.45, 2.75) is 6.92 Å². The summed E-state index contributed by atoms with van der Waals surface area (Å²) in [5.41, 5.74) is 2.53. The van der Waals surface area contributed by atoms with Gasteiger partial charge in [-0.05, 0) is 42.8 Å². The highest BCUT2D eigenvalue weighted by atomic mass is 79.9. The fourth-order valence-corrected chi connectivity index (χ4v) is 2.03. The van der Waals surface area contributed by atoms with Crippen LogP contribution in [0.1, 0.15) is 15.9 Å². The van der Waals surface area contributed by atoms with Crippen molar-refractivity contribution in [3.8, 4) is 0 Å². The van der Waals surface area contributed by atoms with E-state index in [9.17, 15) is 4.79 Å². The third-order valence-corrected chi connectivity index (χ3v) is 2.97. The molecule has 0 saturated heterocycles. The highest BCUT2D eigenvalue weighted by molar-refractivity contribution is 9.10. The second-order valence-corrected chi connectivity index (χ2v) is 4.70. The molecule has 1 N–H and O–H groups in total. The fraction of sp³-hybridized carbons (Fsp3) is 0.0714. The molecule has 17 heavy (non-hydrogen) atoms. The van der Waals surface area contributed by atoms with Crippen molar-refractivity contribution in [1.29, 1.82) is 0 Å². The van der Waals surface area contributed by atoms with Crippen molar-refractivity contribution in [2.24, 2.45) is 0 Å². The molecule has 0 spiro atoms. The SMILES string of the molecule is Cc1cc(Br)ccc1NC(=O)c1ccccc1. The Morgan fingerprint density at radius 1 is 1.12 bits per heavy atom. The molecule has 2 nitrogen and oxygen atoms in total. The summed E-state index contributed by atoms with van der Waals surface area (Å²) >= 11 is 3.39. The Kier molecular flexibility index (Phi) is 3.59. The highest BCUT2D eigenvalue weighted by Gasteiger charge is 2.06. The summed E-state index contributed by atoms with van der Waals surface area (Å²) in [6.45, 7) is 1.96. The zero-order valence-corrected chi connectivity index (χ0v) is 11.0. The van der Waals surface area contributed by atoms with Crippen molar-refractivity contribution in [3.63, 3.8) is 0 Å². The van der Waals surface area contributed by atoms with Crippen LogP contribution in [0.3, 0.4) is 0 Å². The number of benzene rings is 2. The summed E-state index contributed by atoms with van der Waals surface area (Å²) in [7, 11) is 0. The van der Waals surface area contributed by atoms with Gasteiger partial charge in [-0.2, -0.15) is 0 Å². The summed E-state index contributed by atoms with van der Waals surface area (Å²) in [6.07, 6.45) is 0. The summed E-state index contributed by atoms with van der Waals surface area (Å²) in [5.74, 6) is -0.0870. The van der Waals surface area contributed by atoms with E-state index >= 15 is 0 Å². The molecule has 0 heterocycles. The lowest BCUT2D eigenvalue weighted by atomic mass is 10.1. The Morgan fingerprint density at radius 3 is 2.47 bits per heavy atom. The predicted molar refractivity (Wildman–Crippen MR) is 73.3 cm³/mol. The second kappa shape index (κ2) is 5.15. The molecule has 0 atom stereocenters. The molecule has 0 unspecified atom stereocenters. The van der Waals surface area contributed by atoms with Crippen LogP contribution in [-0.4, -0.2) is 5.91 Å². The zero-order chi connectivity index (χ0) is 12.3. The maximum Gasteiger partial charge on any atom is 0.255 e. The van der Waals surface area contributed by atoms with Crippen molar-refractivity contribution < 1.29 is 4.79 Å². The van der Waals surface area contributed by atoms with E-state index in [2.05, 4.69) is 21.2 Å². The molecule has 86 valence electrons. The molecule has 0 fully saturated rings. The lowest BCUT2D eigenvalue weighted by Gasteiger charge is -2.08. The molecule has 0 aliphatic heterocycles. The molecule has 1 amide bonds. The van der Waals surface area contributed by atoms with Crippen LogP contribution in [0.4, 0.5) is 5.69 Å². The van der Waals surface area contributed by atoms with Gasteiger partial charge < -0.3 is 5.32 Å². The molecule has 0 aliphatic carbocycles. The van der Waals surface area contributed by atoms with Crippen molar-refractivity contribution in [2.75, 3.05) is 5.32 Å². The lowest BCUT2D eigenvalue weighted by Crippen LogP contribution is -2.12. The molecule has 2 aromatic carbocycles.